The highest BCUT2D eigenvalue weighted by molar-refractivity contribution is 6.16. The average molecular weight is 392 g/mol. The van der Waals surface area contributed by atoms with Crippen molar-refractivity contribution >= 4 is 17.4 Å². The van der Waals surface area contributed by atoms with Crippen LogP contribution in [0.2, 0.25) is 0 Å². The Kier molecular flexibility index (Phi) is 5.50. The lowest BCUT2D eigenvalue weighted by Crippen LogP contribution is -2.29. The Bertz CT molecular complexity index is 1100. The van der Waals surface area contributed by atoms with Crippen molar-refractivity contribution in [2.45, 2.75) is 20.8 Å². The van der Waals surface area contributed by atoms with Crippen molar-refractivity contribution in [3.8, 4) is 17.6 Å². The first-order valence-electron chi connectivity index (χ1n) is 8.87. The fourth-order valence-electron chi connectivity index (χ4n) is 3.10. The minimum Gasteiger partial charge on any atom is -0.497 e. The molecule has 1 amide bonds. The van der Waals surface area contributed by atoms with Gasteiger partial charge in [0, 0.05) is 28.7 Å². The van der Waals surface area contributed by atoms with Gasteiger partial charge in [-0.2, -0.15) is 5.26 Å². The summed E-state index contributed by atoms with van der Waals surface area (Å²) in [4.78, 5) is 25.5. The number of benzene rings is 1. The SMILES string of the molecule is COc1ccc(NC(=O)C(C#N)C(=O)c2cc(C)n(-c3cc(C)on3)c2C)cc1. The zero-order chi connectivity index (χ0) is 21.1. The molecule has 3 aromatic rings. The third-order valence-electron chi connectivity index (χ3n) is 4.55. The summed E-state index contributed by atoms with van der Waals surface area (Å²) in [5.41, 5.74) is 2.08. The highest BCUT2D eigenvalue weighted by Crippen LogP contribution is 2.24. The van der Waals surface area contributed by atoms with Gasteiger partial charge >= 0.3 is 0 Å². The number of carbonyl (C=O) groups excluding carboxylic acids is 2. The molecule has 1 atom stereocenters. The van der Waals surface area contributed by atoms with Crippen LogP contribution in [0.15, 0.2) is 40.9 Å². The smallest absolute Gasteiger partial charge is 0.249 e. The number of nitriles is 1. The van der Waals surface area contributed by atoms with E-state index < -0.39 is 17.6 Å². The van der Waals surface area contributed by atoms with Gasteiger partial charge in [0.05, 0.1) is 13.2 Å². The largest absolute Gasteiger partial charge is 0.497 e. The van der Waals surface area contributed by atoms with Gasteiger partial charge in [0.2, 0.25) is 5.91 Å². The van der Waals surface area contributed by atoms with E-state index in [1.54, 1.807) is 54.8 Å². The molecule has 0 bridgehead atoms. The number of hydrogen-bond acceptors (Lipinski definition) is 6. The van der Waals surface area contributed by atoms with Crippen molar-refractivity contribution in [1.29, 1.82) is 5.26 Å². The Balaban J connectivity index is 1.85. The van der Waals surface area contributed by atoms with Crippen LogP contribution in [0, 0.1) is 38.0 Å². The predicted molar refractivity (Wildman–Crippen MR) is 105 cm³/mol. The molecule has 0 spiro atoms. The first-order chi connectivity index (χ1) is 13.8. The summed E-state index contributed by atoms with van der Waals surface area (Å²) >= 11 is 0. The molecule has 148 valence electrons. The molecular formula is C21H20N4O4. The molecule has 2 heterocycles. The van der Waals surface area contributed by atoms with Crippen molar-refractivity contribution in [2.24, 2.45) is 5.92 Å². The molecule has 1 unspecified atom stereocenters. The number of carbonyl (C=O) groups is 2. The molecular weight excluding hydrogens is 372 g/mol. The van der Waals surface area contributed by atoms with E-state index in [1.165, 1.54) is 7.11 Å². The van der Waals surface area contributed by atoms with E-state index in [0.29, 0.717) is 34.3 Å². The highest BCUT2D eigenvalue weighted by Gasteiger charge is 2.30. The second-order valence-corrected chi connectivity index (χ2v) is 6.56. The number of aryl methyl sites for hydroxylation is 2. The van der Waals surface area contributed by atoms with Gasteiger partial charge in [-0.3, -0.25) is 14.2 Å². The third kappa shape index (κ3) is 3.89. The van der Waals surface area contributed by atoms with Crippen molar-refractivity contribution in [2.75, 3.05) is 12.4 Å². The minimum atomic E-state index is -1.48. The zero-order valence-electron chi connectivity index (χ0n) is 16.5. The van der Waals surface area contributed by atoms with Crippen molar-refractivity contribution in [3.05, 3.63) is 59.1 Å². The third-order valence-corrected chi connectivity index (χ3v) is 4.55. The molecule has 3 rings (SSSR count). The van der Waals surface area contributed by atoms with Gasteiger partial charge in [0.1, 0.15) is 11.5 Å². The van der Waals surface area contributed by atoms with E-state index in [1.807, 2.05) is 13.0 Å². The van der Waals surface area contributed by atoms with Gasteiger partial charge in [-0.15, -0.1) is 0 Å². The summed E-state index contributed by atoms with van der Waals surface area (Å²) in [5, 5.41) is 16.1. The Morgan fingerprint density at radius 3 is 2.45 bits per heavy atom. The van der Waals surface area contributed by atoms with E-state index in [-0.39, 0.29) is 0 Å². The van der Waals surface area contributed by atoms with Crippen molar-refractivity contribution in [1.82, 2.24) is 9.72 Å². The molecule has 2 aromatic heterocycles. The van der Waals surface area contributed by atoms with Gasteiger partial charge in [0.25, 0.3) is 0 Å². The predicted octanol–water partition coefficient (Wildman–Crippen LogP) is 3.36. The second kappa shape index (κ2) is 8.02. The van der Waals surface area contributed by atoms with E-state index in [0.717, 1.165) is 5.69 Å². The van der Waals surface area contributed by atoms with E-state index in [2.05, 4.69) is 10.5 Å². The van der Waals surface area contributed by atoms with Gasteiger partial charge in [-0.25, -0.2) is 0 Å². The molecule has 0 fully saturated rings. The molecule has 0 saturated heterocycles. The number of nitrogens with one attached hydrogen (secondary N) is 1. The molecule has 0 aliphatic heterocycles. The highest BCUT2D eigenvalue weighted by atomic mass is 16.5. The molecule has 0 aliphatic carbocycles. The number of nitrogens with zero attached hydrogens (tertiary/aromatic N) is 3. The molecule has 8 heteroatoms. The minimum absolute atomic E-state index is 0.291. The number of ether oxygens (including phenoxy) is 1. The molecule has 1 aromatic carbocycles. The maximum Gasteiger partial charge on any atom is 0.249 e. The monoisotopic (exact) mass is 392 g/mol. The zero-order valence-corrected chi connectivity index (χ0v) is 16.5. The topological polar surface area (TPSA) is 110 Å². The lowest BCUT2D eigenvalue weighted by molar-refractivity contribution is -0.117. The number of ketones is 1. The Labute approximate surface area is 167 Å². The summed E-state index contributed by atoms with van der Waals surface area (Å²) in [6.07, 6.45) is 0. The number of aromatic nitrogens is 2. The van der Waals surface area contributed by atoms with Crippen molar-refractivity contribution in [3.63, 3.8) is 0 Å². The van der Waals surface area contributed by atoms with Crippen LogP contribution in [-0.2, 0) is 4.79 Å². The summed E-state index contributed by atoms with van der Waals surface area (Å²) in [5.74, 6) is -0.943. The van der Waals surface area contributed by atoms with Gasteiger partial charge < -0.3 is 14.6 Å². The normalized spacial score (nSPS) is 11.6. The van der Waals surface area contributed by atoms with Crippen molar-refractivity contribution < 1.29 is 18.8 Å². The molecule has 29 heavy (non-hydrogen) atoms. The fourth-order valence-corrected chi connectivity index (χ4v) is 3.10. The van der Waals surface area contributed by atoms with E-state index in [9.17, 15) is 14.9 Å². The van der Waals surface area contributed by atoms with Crippen LogP contribution in [0.25, 0.3) is 5.82 Å². The van der Waals surface area contributed by atoms with E-state index >= 15 is 0 Å². The molecule has 0 aliphatic rings. The lowest BCUT2D eigenvalue weighted by Gasteiger charge is -2.10. The number of methoxy groups -OCH3 is 1. The number of anilines is 1. The second-order valence-electron chi connectivity index (χ2n) is 6.56. The van der Waals surface area contributed by atoms with Gasteiger partial charge in [0.15, 0.2) is 17.5 Å². The Hall–Kier alpha value is -3.86. The van der Waals surface area contributed by atoms with E-state index in [4.69, 9.17) is 9.26 Å². The number of Topliss-reactive ketones (excluding diaryl/α,β-unsaturated/α-hetero) is 1. The Morgan fingerprint density at radius 2 is 1.90 bits per heavy atom. The first-order valence-corrected chi connectivity index (χ1v) is 8.87. The quantitative estimate of drug-likeness (QED) is 0.509. The van der Waals surface area contributed by atoms with Crippen LogP contribution in [0.5, 0.6) is 5.75 Å². The summed E-state index contributed by atoms with van der Waals surface area (Å²) in [6, 6.07) is 11.8. The Morgan fingerprint density at radius 1 is 1.21 bits per heavy atom. The van der Waals surface area contributed by atoms with Crippen LogP contribution in [-0.4, -0.2) is 28.5 Å². The molecule has 8 nitrogen and oxygen atoms in total. The van der Waals surface area contributed by atoms with Gasteiger partial charge in [-0.05, 0) is 51.1 Å². The molecule has 1 N–H and O–H groups in total. The average Bonchev–Trinajstić information content (AvgIpc) is 3.25. The van der Waals surface area contributed by atoms with Crippen LogP contribution >= 0.6 is 0 Å². The maximum atomic E-state index is 13.0. The van der Waals surface area contributed by atoms with Gasteiger partial charge in [-0.1, -0.05) is 5.16 Å². The van der Waals surface area contributed by atoms with Crippen LogP contribution < -0.4 is 10.1 Å². The summed E-state index contributed by atoms with van der Waals surface area (Å²) in [7, 11) is 1.54. The fraction of sp³-hybridized carbons (Fsp3) is 0.238. The van der Waals surface area contributed by atoms with Crippen LogP contribution in [0.4, 0.5) is 5.69 Å². The number of hydrogen-bond donors (Lipinski definition) is 1. The lowest BCUT2D eigenvalue weighted by atomic mass is 9.98. The van der Waals surface area contributed by atoms with Crippen LogP contribution in [0.1, 0.15) is 27.5 Å². The first kappa shape index (κ1) is 19.9. The number of amides is 1. The number of rotatable bonds is 6. The van der Waals surface area contributed by atoms with Crippen LogP contribution in [0.3, 0.4) is 0 Å². The maximum absolute atomic E-state index is 13.0. The summed E-state index contributed by atoms with van der Waals surface area (Å²) in [6.45, 7) is 5.32. The summed E-state index contributed by atoms with van der Waals surface area (Å²) < 4.78 is 11.9. The molecule has 0 radical (unpaired) electrons. The standard InChI is InChI=1S/C21H20N4O4/c1-12-9-17(14(3)25(12)19-10-13(2)29-24-19)20(26)18(11-22)21(27)23-15-5-7-16(28-4)8-6-15/h5-10,18H,1-4H3,(H,23,27). The molecule has 0 saturated carbocycles.